The minimum absolute atomic E-state index is 0.0464. The molecule has 69 heavy (non-hydrogen) atoms. The van der Waals surface area contributed by atoms with E-state index in [1.165, 1.54) is 44.4 Å². The number of carbonyl (C=O) groups excluding carboxylic acids is 2. The number of aliphatic imine (C=N–C) groups is 2. The number of carbonyl (C=O) groups is 2. The zero-order valence-corrected chi connectivity index (χ0v) is 39.0. The summed E-state index contributed by atoms with van der Waals surface area (Å²) in [5, 5.41) is 8.27. The van der Waals surface area contributed by atoms with Crippen LogP contribution in [0.2, 0.25) is 5.02 Å². The SMILES string of the molecule is CS(=O)C(C)(C)C#Cc1ccc(-c2ccc(Cl)c3c(N(C(=O)NCCN=CN)[S+](C)[O-])nn(CC(F)(F)F)c23)c(C(Cc2cc(F)cc(F)c2)NC(=O)CN=C2C(=C(N)C(F)(F)F)CCC2(F)F)n1. The molecule has 0 bridgehead atoms. The lowest BCUT2D eigenvalue weighted by Gasteiger charge is -2.23. The predicted octanol–water partition coefficient (Wildman–Crippen LogP) is 6.94. The molecule has 5 rings (SSSR count). The van der Waals surface area contributed by atoms with Gasteiger partial charge in [0.2, 0.25) is 11.7 Å². The molecule has 3 atom stereocenters. The minimum Gasteiger partial charge on any atom is -0.593 e. The Bertz CT molecular complexity index is 2780. The number of hydrogen-bond acceptors (Lipinski definition) is 9. The van der Waals surface area contributed by atoms with Gasteiger partial charge in [-0.15, -0.1) is 5.10 Å². The molecular formula is C42H41ClF10N10O4S2. The number of halogens is 11. The third-order valence-corrected chi connectivity index (χ3v) is 12.9. The predicted molar refractivity (Wildman–Crippen MR) is 241 cm³/mol. The molecule has 4 aromatic rings. The third-order valence-electron chi connectivity index (χ3n) is 10.2. The molecule has 1 saturated carbocycles. The van der Waals surface area contributed by atoms with E-state index in [1.807, 2.05) is 0 Å². The van der Waals surface area contributed by atoms with Crippen LogP contribution in [0.1, 0.15) is 49.7 Å². The second-order valence-electron chi connectivity index (χ2n) is 15.6. The lowest BCUT2D eigenvalue weighted by atomic mass is 9.93. The van der Waals surface area contributed by atoms with Crippen LogP contribution in [0.4, 0.5) is 54.5 Å². The van der Waals surface area contributed by atoms with E-state index in [0.717, 1.165) is 24.7 Å². The van der Waals surface area contributed by atoms with Crippen LogP contribution < -0.4 is 26.4 Å². The molecule has 2 aromatic carbocycles. The van der Waals surface area contributed by atoms with Crippen LogP contribution in [0.3, 0.4) is 0 Å². The smallest absolute Gasteiger partial charge is 0.431 e. The zero-order chi connectivity index (χ0) is 51.4. The van der Waals surface area contributed by atoms with Crippen LogP contribution in [-0.2, 0) is 39.9 Å². The van der Waals surface area contributed by atoms with Crippen molar-refractivity contribution in [1.29, 1.82) is 0 Å². The number of rotatable bonds is 14. The highest BCUT2D eigenvalue weighted by Gasteiger charge is 2.48. The Balaban J connectivity index is 1.81. The van der Waals surface area contributed by atoms with Gasteiger partial charge >= 0.3 is 18.4 Å². The van der Waals surface area contributed by atoms with Gasteiger partial charge in [-0.05, 0) is 68.5 Å². The summed E-state index contributed by atoms with van der Waals surface area (Å²) in [6.45, 7) is -0.253. The van der Waals surface area contributed by atoms with Gasteiger partial charge in [0.25, 0.3) is 5.92 Å². The quantitative estimate of drug-likeness (QED) is 0.0259. The highest BCUT2D eigenvalue weighted by atomic mass is 35.5. The van der Waals surface area contributed by atoms with Crippen LogP contribution in [0, 0.1) is 23.5 Å². The van der Waals surface area contributed by atoms with E-state index < -0.39 is 135 Å². The Morgan fingerprint density at radius 1 is 1.10 bits per heavy atom. The normalized spacial score (nSPS) is 16.8. The Morgan fingerprint density at radius 3 is 2.35 bits per heavy atom. The third kappa shape index (κ3) is 13.2. The summed E-state index contributed by atoms with van der Waals surface area (Å²) < 4.78 is 169. The van der Waals surface area contributed by atoms with E-state index in [9.17, 15) is 62.3 Å². The van der Waals surface area contributed by atoms with Crippen molar-refractivity contribution >= 4 is 74.5 Å². The van der Waals surface area contributed by atoms with Crippen LogP contribution in [0.25, 0.3) is 22.0 Å². The van der Waals surface area contributed by atoms with Gasteiger partial charge in [-0.3, -0.25) is 23.7 Å². The van der Waals surface area contributed by atoms with E-state index in [-0.39, 0.29) is 51.6 Å². The van der Waals surface area contributed by atoms with E-state index in [2.05, 4.69) is 42.5 Å². The Morgan fingerprint density at radius 2 is 1.75 bits per heavy atom. The van der Waals surface area contributed by atoms with Gasteiger partial charge in [-0.2, -0.15) is 35.1 Å². The molecule has 1 aliphatic carbocycles. The van der Waals surface area contributed by atoms with Crippen molar-refractivity contribution in [3.8, 4) is 23.0 Å². The highest BCUT2D eigenvalue weighted by molar-refractivity contribution is 7.92. The Hall–Kier alpha value is -5.91. The van der Waals surface area contributed by atoms with Gasteiger partial charge in [-0.25, -0.2) is 18.6 Å². The number of hydrogen-bond donors (Lipinski definition) is 4. The number of amides is 3. The maximum absolute atomic E-state index is 15.0. The number of aromatic nitrogens is 3. The number of pyridine rings is 1. The van der Waals surface area contributed by atoms with Crippen molar-refractivity contribution in [3.05, 3.63) is 87.3 Å². The standard InChI is InChI=1S/C42H41ClF10N10O4S2/c1-39(2,68(3)66)11-9-25-5-6-26(27-7-8-29(43)32-34(27)62(20-41(48,49)50)61-37(32)63(69(4)67)38(65)57-14-13-56-21-54)33(59-25)30(17-22-15-23(44)18-24(45)16-22)60-31(64)19-58-36-28(10-12-40(36,46)47)35(55)42(51,52)53/h5-8,15-16,18,21,30H,10,12-14,17,19-20,55H2,1-4H3,(H2,54,56)(H,57,65)(H,60,64). The summed E-state index contributed by atoms with van der Waals surface area (Å²) in [4.78, 5) is 39.2. The topological polar surface area (TPSA) is 209 Å². The number of allylic oxidation sites excluding steroid dienone is 2. The number of nitrogens with zero attached hydrogens (tertiary/aromatic N) is 6. The van der Waals surface area contributed by atoms with E-state index >= 15 is 0 Å². The number of nitrogens with one attached hydrogen (secondary N) is 2. The summed E-state index contributed by atoms with van der Waals surface area (Å²) in [7, 11) is -1.55. The van der Waals surface area contributed by atoms with Crippen molar-refractivity contribution in [2.75, 3.05) is 36.5 Å². The van der Waals surface area contributed by atoms with Crippen LogP contribution in [0.15, 0.2) is 63.7 Å². The number of nitrogens with two attached hydrogens (primary N) is 2. The first-order valence-electron chi connectivity index (χ1n) is 20.0. The molecule has 1 fully saturated rings. The molecule has 0 radical (unpaired) electrons. The first kappa shape index (κ1) is 54.0. The molecule has 27 heteroatoms. The van der Waals surface area contributed by atoms with Gasteiger partial charge in [0.05, 0.1) is 51.9 Å². The summed E-state index contributed by atoms with van der Waals surface area (Å²) in [6.07, 6.45) is -9.44. The van der Waals surface area contributed by atoms with Crippen molar-refractivity contribution in [2.24, 2.45) is 21.5 Å². The van der Waals surface area contributed by atoms with Gasteiger partial charge in [0.1, 0.15) is 52.8 Å². The van der Waals surface area contributed by atoms with Gasteiger partial charge in [0.15, 0.2) is 0 Å². The van der Waals surface area contributed by atoms with Crippen LogP contribution in [0.5, 0.6) is 0 Å². The molecule has 14 nitrogen and oxygen atoms in total. The molecule has 1 aliphatic rings. The molecule has 372 valence electrons. The fourth-order valence-electron chi connectivity index (χ4n) is 6.89. The average molecular weight is 1040 g/mol. The molecular weight excluding hydrogens is 998 g/mol. The molecule has 6 N–H and O–H groups in total. The lowest BCUT2D eigenvalue weighted by Crippen LogP contribution is -2.44. The number of alkyl halides is 8. The van der Waals surface area contributed by atoms with Gasteiger partial charge in [0, 0.05) is 52.8 Å². The molecule has 0 saturated heterocycles. The Kier molecular flexibility index (Phi) is 16.7. The van der Waals surface area contributed by atoms with Crippen molar-refractivity contribution in [1.82, 2.24) is 25.4 Å². The van der Waals surface area contributed by atoms with Crippen molar-refractivity contribution in [2.45, 2.75) is 68.7 Å². The monoisotopic (exact) mass is 1040 g/mol. The van der Waals surface area contributed by atoms with Crippen molar-refractivity contribution in [3.63, 3.8) is 0 Å². The van der Waals surface area contributed by atoms with E-state index in [1.54, 1.807) is 0 Å². The van der Waals surface area contributed by atoms with Gasteiger partial charge in [-0.1, -0.05) is 27.9 Å². The summed E-state index contributed by atoms with van der Waals surface area (Å²) in [6, 6.07) is 4.45. The summed E-state index contributed by atoms with van der Waals surface area (Å²) in [5.41, 5.74) is 4.70. The fourth-order valence-corrected chi connectivity index (χ4v) is 7.99. The van der Waals surface area contributed by atoms with Gasteiger partial charge < -0.3 is 26.7 Å². The number of benzene rings is 2. The second kappa shape index (κ2) is 21.4. The maximum atomic E-state index is 15.0. The molecule has 0 aliphatic heterocycles. The molecule has 2 aromatic heterocycles. The van der Waals surface area contributed by atoms with Crippen LogP contribution in [-0.4, -0.2) is 103 Å². The second-order valence-corrected chi connectivity index (χ2v) is 19.2. The maximum Gasteiger partial charge on any atom is 0.431 e. The largest absolute Gasteiger partial charge is 0.593 e. The molecule has 0 spiro atoms. The summed E-state index contributed by atoms with van der Waals surface area (Å²) in [5.74, 6) is -2.47. The fraction of sp³-hybridized carbons (Fsp3) is 0.381. The first-order valence-corrected chi connectivity index (χ1v) is 23.5. The highest BCUT2D eigenvalue weighted by Crippen LogP contribution is 2.43. The zero-order valence-electron chi connectivity index (χ0n) is 36.6. The average Bonchev–Trinajstić information content (AvgIpc) is 3.74. The summed E-state index contributed by atoms with van der Waals surface area (Å²) >= 11 is 4.33. The van der Waals surface area contributed by atoms with Crippen LogP contribution >= 0.6 is 11.6 Å². The number of fused-ring (bicyclic) bond motifs is 1. The lowest BCUT2D eigenvalue weighted by molar-refractivity contribution is -0.141. The van der Waals surface area contributed by atoms with E-state index in [0.29, 0.717) is 15.1 Å². The number of urea groups is 1. The number of anilines is 1. The first-order chi connectivity index (χ1) is 32.0. The minimum atomic E-state index is -5.23. The molecule has 3 unspecified atom stereocenters. The van der Waals surface area contributed by atoms with Crippen molar-refractivity contribution < 1.29 is 62.3 Å². The molecule has 3 amide bonds. The van der Waals surface area contributed by atoms with E-state index in [4.69, 9.17) is 23.1 Å². The Labute approximate surface area is 397 Å². The molecule has 2 heterocycles.